The molecule has 2 aromatic carbocycles. The van der Waals surface area contributed by atoms with Gasteiger partial charge < -0.3 is 19.5 Å². The van der Waals surface area contributed by atoms with Crippen molar-refractivity contribution < 1.29 is 19.0 Å². The molecule has 0 amide bonds. The first-order valence-electron chi connectivity index (χ1n) is 9.99. The van der Waals surface area contributed by atoms with Crippen LogP contribution in [0.25, 0.3) is 0 Å². The predicted molar refractivity (Wildman–Crippen MR) is 118 cm³/mol. The number of carbonyl (C=O) groups is 1. The van der Waals surface area contributed by atoms with E-state index in [1.165, 1.54) is 0 Å². The summed E-state index contributed by atoms with van der Waals surface area (Å²) in [7, 11) is 1.56. The zero-order valence-electron chi connectivity index (χ0n) is 17.8. The average molecular weight is 456 g/mol. The number of tetrazole rings is 1. The number of hydrogen-bond acceptors (Lipinski definition) is 8. The van der Waals surface area contributed by atoms with Crippen molar-refractivity contribution in [3.05, 3.63) is 69.9 Å². The van der Waals surface area contributed by atoms with E-state index in [2.05, 4.69) is 20.8 Å². The standard InChI is InChI=1S/C22H22ClN5O4/c1-4-31-21(29)19-13(2)24-22-25-26-27-28(22)20(19)15-7-10-17(18(11-15)30-3)32-12-14-5-8-16(23)9-6-14/h5-11,20H,4,12H2,1-3H3,(H,24,25,27)/t20-/m0/s1. The molecule has 9 nitrogen and oxygen atoms in total. The quantitative estimate of drug-likeness (QED) is 0.537. The highest BCUT2D eigenvalue weighted by atomic mass is 35.5. The minimum absolute atomic E-state index is 0.256. The van der Waals surface area contributed by atoms with E-state index in [1.807, 2.05) is 36.4 Å². The summed E-state index contributed by atoms with van der Waals surface area (Å²) in [5, 5.41) is 15.5. The molecule has 1 aliphatic rings. The van der Waals surface area contributed by atoms with Crippen molar-refractivity contribution in [2.24, 2.45) is 0 Å². The summed E-state index contributed by atoms with van der Waals surface area (Å²) in [6.07, 6.45) is 0. The lowest BCUT2D eigenvalue weighted by atomic mass is 9.95. The highest BCUT2D eigenvalue weighted by Gasteiger charge is 2.35. The third-order valence-corrected chi connectivity index (χ3v) is 5.27. The van der Waals surface area contributed by atoms with E-state index >= 15 is 0 Å². The topological polar surface area (TPSA) is 100 Å². The van der Waals surface area contributed by atoms with E-state index in [0.717, 1.165) is 11.1 Å². The highest BCUT2D eigenvalue weighted by molar-refractivity contribution is 6.30. The van der Waals surface area contributed by atoms with Crippen LogP contribution < -0.4 is 14.8 Å². The molecule has 166 valence electrons. The maximum absolute atomic E-state index is 12.8. The van der Waals surface area contributed by atoms with Gasteiger partial charge in [0.2, 0.25) is 5.95 Å². The zero-order valence-corrected chi connectivity index (χ0v) is 18.6. The molecule has 0 aliphatic carbocycles. The molecular weight excluding hydrogens is 434 g/mol. The van der Waals surface area contributed by atoms with E-state index < -0.39 is 12.0 Å². The van der Waals surface area contributed by atoms with Gasteiger partial charge in [0, 0.05) is 10.7 Å². The molecule has 1 N–H and O–H groups in total. The van der Waals surface area contributed by atoms with Gasteiger partial charge in [-0.1, -0.05) is 34.9 Å². The zero-order chi connectivity index (χ0) is 22.7. The van der Waals surface area contributed by atoms with Gasteiger partial charge in [-0.15, -0.1) is 0 Å². The number of anilines is 1. The first-order chi connectivity index (χ1) is 15.5. The third-order valence-electron chi connectivity index (χ3n) is 5.02. The molecule has 0 saturated carbocycles. The van der Waals surface area contributed by atoms with Gasteiger partial charge in [-0.05, 0) is 59.7 Å². The summed E-state index contributed by atoms with van der Waals surface area (Å²) >= 11 is 5.94. The van der Waals surface area contributed by atoms with Crippen LogP contribution in [0.5, 0.6) is 11.5 Å². The average Bonchev–Trinajstić information content (AvgIpc) is 3.25. The van der Waals surface area contributed by atoms with Gasteiger partial charge in [0.25, 0.3) is 0 Å². The number of fused-ring (bicyclic) bond motifs is 1. The molecule has 3 aromatic rings. The Morgan fingerprint density at radius 1 is 1.19 bits per heavy atom. The minimum atomic E-state index is -0.584. The van der Waals surface area contributed by atoms with Gasteiger partial charge in [0.15, 0.2) is 11.5 Å². The number of nitrogens with one attached hydrogen (secondary N) is 1. The number of carbonyl (C=O) groups excluding carboxylic acids is 1. The maximum Gasteiger partial charge on any atom is 0.338 e. The highest BCUT2D eigenvalue weighted by Crippen LogP contribution is 2.38. The molecule has 0 bridgehead atoms. The summed E-state index contributed by atoms with van der Waals surface area (Å²) in [4.78, 5) is 12.8. The number of hydrogen-bond donors (Lipinski definition) is 1. The van der Waals surface area contributed by atoms with Crippen molar-refractivity contribution in [2.75, 3.05) is 19.0 Å². The lowest BCUT2D eigenvalue weighted by Gasteiger charge is -2.27. The first-order valence-corrected chi connectivity index (χ1v) is 10.4. The molecule has 4 rings (SSSR count). The van der Waals surface area contributed by atoms with Crippen LogP contribution in [-0.2, 0) is 16.1 Å². The van der Waals surface area contributed by atoms with Crippen molar-refractivity contribution in [1.82, 2.24) is 20.2 Å². The Bertz CT molecular complexity index is 1160. The predicted octanol–water partition coefficient (Wildman–Crippen LogP) is 3.77. The normalized spacial score (nSPS) is 15.1. The number of methoxy groups -OCH3 is 1. The lowest BCUT2D eigenvalue weighted by Crippen LogP contribution is -2.29. The molecule has 0 radical (unpaired) electrons. The summed E-state index contributed by atoms with van der Waals surface area (Å²) in [6.45, 7) is 4.16. The molecule has 10 heteroatoms. The van der Waals surface area contributed by atoms with Crippen molar-refractivity contribution in [3.8, 4) is 11.5 Å². The Labute approximate surface area is 189 Å². The number of halogens is 1. The number of nitrogens with zero attached hydrogens (tertiary/aromatic N) is 4. The van der Waals surface area contributed by atoms with Gasteiger partial charge >= 0.3 is 5.97 Å². The van der Waals surface area contributed by atoms with Gasteiger partial charge in [-0.3, -0.25) is 0 Å². The van der Waals surface area contributed by atoms with E-state index in [9.17, 15) is 4.79 Å². The van der Waals surface area contributed by atoms with Crippen LogP contribution >= 0.6 is 11.6 Å². The Balaban J connectivity index is 1.67. The first kappa shape index (κ1) is 21.6. The SMILES string of the molecule is CCOC(=O)C1=C(C)Nc2nnnn2[C@H]1c1ccc(OCc2ccc(Cl)cc2)c(OC)c1. The Morgan fingerprint density at radius 3 is 2.69 bits per heavy atom. The third kappa shape index (κ3) is 4.24. The lowest BCUT2D eigenvalue weighted by molar-refractivity contribution is -0.139. The van der Waals surface area contributed by atoms with E-state index in [1.54, 1.807) is 31.7 Å². The van der Waals surface area contributed by atoms with Gasteiger partial charge in [0.05, 0.1) is 19.3 Å². The number of aromatic nitrogens is 4. The van der Waals surface area contributed by atoms with Crippen LogP contribution in [0.2, 0.25) is 5.02 Å². The molecule has 1 aromatic heterocycles. The van der Waals surface area contributed by atoms with E-state index in [-0.39, 0.29) is 6.61 Å². The smallest absolute Gasteiger partial charge is 0.338 e. The minimum Gasteiger partial charge on any atom is -0.493 e. The van der Waals surface area contributed by atoms with Crippen molar-refractivity contribution in [2.45, 2.75) is 26.5 Å². The molecule has 0 unspecified atom stereocenters. The Morgan fingerprint density at radius 2 is 1.97 bits per heavy atom. The fraction of sp³-hybridized carbons (Fsp3) is 0.273. The van der Waals surface area contributed by atoms with Crippen molar-refractivity contribution >= 4 is 23.5 Å². The molecule has 32 heavy (non-hydrogen) atoms. The molecule has 0 saturated heterocycles. The number of allylic oxidation sites excluding steroid dienone is 1. The molecule has 1 atom stereocenters. The van der Waals surface area contributed by atoms with Crippen LogP contribution in [0.3, 0.4) is 0 Å². The Kier molecular flexibility index (Phi) is 6.27. The largest absolute Gasteiger partial charge is 0.493 e. The van der Waals surface area contributed by atoms with E-state index in [4.69, 9.17) is 25.8 Å². The number of esters is 1. The van der Waals surface area contributed by atoms with Crippen LogP contribution in [0.1, 0.15) is 31.0 Å². The second-order valence-corrected chi connectivity index (χ2v) is 7.50. The molecule has 0 spiro atoms. The van der Waals surface area contributed by atoms with Gasteiger partial charge in [0.1, 0.15) is 12.6 Å². The Hall–Kier alpha value is -3.59. The van der Waals surface area contributed by atoms with Crippen molar-refractivity contribution in [3.63, 3.8) is 0 Å². The second kappa shape index (κ2) is 9.27. The molecular formula is C22H22ClN5O4. The van der Waals surface area contributed by atoms with Crippen LogP contribution in [-0.4, -0.2) is 39.9 Å². The summed E-state index contributed by atoms with van der Waals surface area (Å²) in [5.74, 6) is 1.08. The number of benzene rings is 2. The van der Waals surface area contributed by atoms with Gasteiger partial charge in [-0.2, -0.15) is 4.68 Å². The summed E-state index contributed by atoms with van der Waals surface area (Å²) < 4.78 is 18.4. The van der Waals surface area contributed by atoms with Crippen LogP contribution in [0.4, 0.5) is 5.95 Å². The monoisotopic (exact) mass is 455 g/mol. The fourth-order valence-electron chi connectivity index (χ4n) is 3.51. The second-order valence-electron chi connectivity index (χ2n) is 7.06. The molecule has 1 aliphatic heterocycles. The van der Waals surface area contributed by atoms with Crippen LogP contribution in [0.15, 0.2) is 53.7 Å². The van der Waals surface area contributed by atoms with E-state index in [0.29, 0.717) is 40.3 Å². The van der Waals surface area contributed by atoms with Gasteiger partial charge in [-0.25, -0.2) is 4.79 Å². The summed E-state index contributed by atoms with van der Waals surface area (Å²) in [5.41, 5.74) is 2.76. The maximum atomic E-state index is 12.8. The van der Waals surface area contributed by atoms with Crippen LogP contribution in [0, 0.1) is 0 Å². The van der Waals surface area contributed by atoms with Crippen molar-refractivity contribution in [1.29, 1.82) is 0 Å². The number of rotatable bonds is 7. The molecule has 0 fully saturated rings. The molecule has 2 heterocycles. The summed E-state index contributed by atoms with van der Waals surface area (Å²) in [6, 6.07) is 12.3. The number of ether oxygens (including phenoxy) is 3. The fourth-order valence-corrected chi connectivity index (χ4v) is 3.63.